The third-order valence-electron chi connectivity index (χ3n) is 6.33. The van der Waals surface area contributed by atoms with E-state index in [1.165, 1.54) is 5.69 Å². The second kappa shape index (κ2) is 9.82. The number of benzene rings is 2. The molecule has 2 aliphatic rings. The van der Waals surface area contributed by atoms with Crippen LogP contribution in [0.25, 0.3) is 6.08 Å². The monoisotopic (exact) mass is 417 g/mol. The summed E-state index contributed by atoms with van der Waals surface area (Å²) < 4.78 is 0. The van der Waals surface area contributed by atoms with E-state index in [9.17, 15) is 9.59 Å². The van der Waals surface area contributed by atoms with Crippen molar-refractivity contribution in [3.63, 3.8) is 0 Å². The molecule has 2 heterocycles. The Morgan fingerprint density at radius 1 is 0.871 bits per heavy atom. The van der Waals surface area contributed by atoms with Crippen LogP contribution in [-0.2, 0) is 9.59 Å². The molecule has 0 spiro atoms. The van der Waals surface area contributed by atoms with Gasteiger partial charge in [-0.1, -0.05) is 48.5 Å². The Kier molecular flexibility index (Phi) is 6.70. The molecule has 162 valence electrons. The van der Waals surface area contributed by atoms with Crippen LogP contribution in [-0.4, -0.2) is 60.4 Å². The summed E-state index contributed by atoms with van der Waals surface area (Å²) in [5.41, 5.74) is 2.22. The van der Waals surface area contributed by atoms with Crippen LogP contribution in [0.2, 0.25) is 0 Å². The Hall–Kier alpha value is -3.08. The topological polar surface area (TPSA) is 43.9 Å². The van der Waals surface area contributed by atoms with Crippen molar-refractivity contribution < 1.29 is 9.59 Å². The first-order chi connectivity index (χ1) is 15.1. The van der Waals surface area contributed by atoms with Gasteiger partial charge in [0.15, 0.2) is 0 Å². The lowest BCUT2D eigenvalue weighted by Gasteiger charge is -2.43. The molecule has 4 rings (SSSR count). The number of piperazine rings is 1. The summed E-state index contributed by atoms with van der Waals surface area (Å²) in [4.78, 5) is 32.1. The fourth-order valence-corrected chi connectivity index (χ4v) is 4.63. The molecular formula is C26H31N3O2. The van der Waals surface area contributed by atoms with Gasteiger partial charge in [0.1, 0.15) is 0 Å². The maximum Gasteiger partial charge on any atom is 0.246 e. The van der Waals surface area contributed by atoms with Crippen molar-refractivity contribution in [3.05, 3.63) is 72.3 Å². The fourth-order valence-electron chi connectivity index (χ4n) is 4.63. The van der Waals surface area contributed by atoms with Crippen LogP contribution >= 0.6 is 0 Å². The Balaban J connectivity index is 1.33. The van der Waals surface area contributed by atoms with Crippen molar-refractivity contribution in [2.24, 2.45) is 5.92 Å². The zero-order chi connectivity index (χ0) is 21.6. The van der Waals surface area contributed by atoms with Crippen molar-refractivity contribution in [2.45, 2.75) is 25.8 Å². The number of piperidine rings is 1. The normalized spacial score (nSPS) is 22.0. The summed E-state index contributed by atoms with van der Waals surface area (Å²) in [7, 11) is 0. The molecule has 2 aromatic carbocycles. The number of amides is 2. The number of hydrogen-bond acceptors (Lipinski definition) is 3. The van der Waals surface area contributed by atoms with Gasteiger partial charge in [-0.15, -0.1) is 0 Å². The van der Waals surface area contributed by atoms with Gasteiger partial charge < -0.3 is 14.7 Å². The lowest BCUT2D eigenvalue weighted by Crippen LogP contribution is -2.56. The van der Waals surface area contributed by atoms with Crippen molar-refractivity contribution in [3.8, 4) is 0 Å². The molecule has 2 aliphatic heterocycles. The second-order valence-corrected chi connectivity index (χ2v) is 8.53. The maximum absolute atomic E-state index is 13.2. The predicted molar refractivity (Wildman–Crippen MR) is 125 cm³/mol. The first kappa shape index (κ1) is 21.2. The van der Waals surface area contributed by atoms with E-state index in [4.69, 9.17) is 0 Å². The van der Waals surface area contributed by atoms with E-state index in [2.05, 4.69) is 36.1 Å². The lowest BCUT2D eigenvalue weighted by atomic mass is 9.95. The average molecular weight is 418 g/mol. The molecule has 5 heteroatoms. The van der Waals surface area contributed by atoms with Gasteiger partial charge in [0, 0.05) is 50.5 Å². The molecule has 0 bridgehead atoms. The zero-order valence-corrected chi connectivity index (χ0v) is 18.2. The number of likely N-dealkylation sites (tertiary alicyclic amines) is 1. The Morgan fingerprint density at radius 3 is 2.29 bits per heavy atom. The maximum atomic E-state index is 13.2. The van der Waals surface area contributed by atoms with Crippen molar-refractivity contribution in [1.29, 1.82) is 0 Å². The summed E-state index contributed by atoms with van der Waals surface area (Å²) in [6, 6.07) is 20.5. The van der Waals surface area contributed by atoms with Gasteiger partial charge in [-0.3, -0.25) is 9.59 Å². The van der Waals surface area contributed by atoms with E-state index in [-0.39, 0.29) is 23.8 Å². The number of hydrogen-bond donors (Lipinski definition) is 0. The minimum atomic E-state index is -0.0988. The molecule has 0 aromatic heterocycles. The van der Waals surface area contributed by atoms with Gasteiger partial charge >= 0.3 is 0 Å². The molecule has 2 saturated heterocycles. The number of para-hydroxylation sites is 1. The van der Waals surface area contributed by atoms with Gasteiger partial charge in [0.25, 0.3) is 0 Å². The molecule has 0 radical (unpaired) electrons. The highest BCUT2D eigenvalue weighted by atomic mass is 16.2. The van der Waals surface area contributed by atoms with Gasteiger partial charge in [0.2, 0.25) is 11.8 Å². The van der Waals surface area contributed by atoms with Crippen LogP contribution < -0.4 is 4.90 Å². The van der Waals surface area contributed by atoms with Crippen LogP contribution in [0, 0.1) is 5.92 Å². The fraction of sp³-hybridized carbons (Fsp3) is 0.385. The van der Waals surface area contributed by atoms with E-state index in [0.29, 0.717) is 6.54 Å². The molecular weight excluding hydrogens is 386 g/mol. The van der Waals surface area contributed by atoms with Crippen LogP contribution in [0.5, 0.6) is 0 Å². The van der Waals surface area contributed by atoms with E-state index >= 15 is 0 Å². The molecule has 0 saturated carbocycles. The average Bonchev–Trinajstić information content (AvgIpc) is 2.83. The van der Waals surface area contributed by atoms with Crippen LogP contribution in [0.3, 0.4) is 0 Å². The van der Waals surface area contributed by atoms with Crippen molar-refractivity contribution in [1.82, 2.24) is 9.80 Å². The quantitative estimate of drug-likeness (QED) is 0.713. The lowest BCUT2D eigenvalue weighted by molar-refractivity contribution is -0.140. The molecule has 2 atom stereocenters. The number of carbonyl (C=O) groups is 2. The summed E-state index contributed by atoms with van der Waals surface area (Å²) in [5.74, 6) is 0.0889. The third kappa shape index (κ3) is 5.16. The predicted octanol–water partition coefficient (Wildman–Crippen LogP) is 3.68. The van der Waals surface area contributed by atoms with E-state index in [0.717, 1.165) is 44.6 Å². The Labute approximate surface area is 184 Å². The summed E-state index contributed by atoms with van der Waals surface area (Å²) >= 11 is 0. The van der Waals surface area contributed by atoms with E-state index in [1.54, 1.807) is 6.08 Å². The van der Waals surface area contributed by atoms with Crippen molar-refractivity contribution in [2.75, 3.05) is 37.6 Å². The molecule has 2 fully saturated rings. The first-order valence-electron chi connectivity index (χ1n) is 11.2. The first-order valence-corrected chi connectivity index (χ1v) is 11.2. The minimum absolute atomic E-state index is 0.0105. The number of anilines is 1. The smallest absolute Gasteiger partial charge is 0.246 e. The SMILES string of the molecule is CC1CN(C(=O)[C@H]2CCCN(C(=O)/C=C/c3ccccc3)C2)CCN1c1ccccc1. The molecule has 31 heavy (non-hydrogen) atoms. The minimum Gasteiger partial charge on any atom is -0.365 e. The van der Waals surface area contributed by atoms with E-state index in [1.807, 2.05) is 52.3 Å². The molecule has 0 aliphatic carbocycles. The number of nitrogens with zero attached hydrogens (tertiary/aromatic N) is 3. The molecule has 2 amide bonds. The molecule has 1 unspecified atom stereocenters. The standard InChI is InChI=1S/C26H31N3O2/c1-21-19-28(17-18-29(21)24-12-6-3-7-13-24)26(31)23-11-8-16-27(20-23)25(30)15-14-22-9-4-2-5-10-22/h2-7,9-10,12-15,21,23H,8,11,16-20H2,1H3/b15-14+/t21?,23-/m0/s1. The highest BCUT2D eigenvalue weighted by Gasteiger charge is 2.34. The number of carbonyl (C=O) groups excluding carboxylic acids is 2. The van der Waals surface area contributed by atoms with Gasteiger partial charge in [-0.2, -0.15) is 0 Å². The summed E-state index contributed by atoms with van der Waals surface area (Å²) in [5, 5.41) is 0. The van der Waals surface area contributed by atoms with Gasteiger partial charge in [0.05, 0.1) is 5.92 Å². The second-order valence-electron chi connectivity index (χ2n) is 8.53. The summed E-state index contributed by atoms with van der Waals surface area (Å²) in [6.07, 6.45) is 5.21. The van der Waals surface area contributed by atoms with E-state index < -0.39 is 0 Å². The van der Waals surface area contributed by atoms with Gasteiger partial charge in [-0.25, -0.2) is 0 Å². The zero-order valence-electron chi connectivity index (χ0n) is 18.2. The van der Waals surface area contributed by atoms with Crippen LogP contribution in [0.15, 0.2) is 66.7 Å². The highest BCUT2D eigenvalue weighted by Crippen LogP contribution is 2.24. The van der Waals surface area contributed by atoms with Crippen LogP contribution in [0.1, 0.15) is 25.3 Å². The number of rotatable bonds is 4. The molecule has 2 aromatic rings. The summed E-state index contributed by atoms with van der Waals surface area (Å²) in [6.45, 7) is 5.72. The molecule has 5 nitrogen and oxygen atoms in total. The largest absolute Gasteiger partial charge is 0.365 e. The highest BCUT2D eigenvalue weighted by molar-refractivity contribution is 5.92. The molecule has 0 N–H and O–H groups in total. The third-order valence-corrected chi connectivity index (χ3v) is 6.33. The Bertz CT molecular complexity index is 913. The van der Waals surface area contributed by atoms with Crippen LogP contribution in [0.4, 0.5) is 5.69 Å². The van der Waals surface area contributed by atoms with Gasteiger partial charge in [-0.05, 0) is 43.5 Å². The Morgan fingerprint density at radius 2 is 1.58 bits per heavy atom. The van der Waals surface area contributed by atoms with Crippen molar-refractivity contribution >= 4 is 23.6 Å².